The molecular weight excluding hydrogens is 198 g/mol. The van der Waals surface area contributed by atoms with Crippen LogP contribution in [0.2, 0.25) is 0 Å². The fourth-order valence-corrected chi connectivity index (χ4v) is 2.10. The van der Waals surface area contributed by atoms with E-state index in [1.54, 1.807) is 0 Å². The summed E-state index contributed by atoms with van der Waals surface area (Å²) in [6.07, 6.45) is 4.31. The Balaban J connectivity index is 2.24. The van der Waals surface area contributed by atoms with Gasteiger partial charge in [-0.2, -0.15) is 0 Å². The first kappa shape index (κ1) is 10.9. The van der Waals surface area contributed by atoms with Gasteiger partial charge >= 0.3 is 0 Å². The lowest BCUT2D eigenvalue weighted by Gasteiger charge is -2.29. The van der Waals surface area contributed by atoms with Gasteiger partial charge in [0.2, 0.25) is 0 Å². The first-order valence-corrected chi connectivity index (χ1v) is 5.67. The maximum atomic E-state index is 10.7. The number of carbonyl (C=O) groups excluding carboxylic acids is 1. The summed E-state index contributed by atoms with van der Waals surface area (Å²) in [4.78, 5) is 13.0. The molecule has 2 rings (SSSR count). The van der Waals surface area contributed by atoms with E-state index in [0.29, 0.717) is 0 Å². The molecule has 1 aliphatic heterocycles. The minimum Gasteiger partial charge on any atom is -0.367 e. The smallest absolute Gasteiger partial charge is 0.150 e. The third-order valence-corrected chi connectivity index (χ3v) is 3.13. The molecule has 0 saturated carbocycles. The average Bonchev–Trinajstić information content (AvgIpc) is 2.30. The highest BCUT2D eigenvalue weighted by atomic mass is 16.1. The Morgan fingerprint density at radius 3 is 2.69 bits per heavy atom. The van der Waals surface area contributed by atoms with Crippen molar-refractivity contribution >= 4 is 12.0 Å². The van der Waals surface area contributed by atoms with E-state index in [0.717, 1.165) is 31.4 Å². The molecule has 0 N–H and O–H groups in total. The molecule has 0 aromatic heterocycles. The minimum atomic E-state index is 0.755. The first-order chi connectivity index (χ1) is 7.70. The van der Waals surface area contributed by atoms with Gasteiger partial charge in [-0.1, -0.05) is 11.6 Å². The maximum Gasteiger partial charge on any atom is 0.150 e. The Hall–Kier alpha value is -1.57. The average molecular weight is 215 g/mol. The van der Waals surface area contributed by atoms with Crippen molar-refractivity contribution in [1.29, 1.82) is 0 Å². The number of carbonyl (C=O) groups is 1. The van der Waals surface area contributed by atoms with Gasteiger partial charge < -0.3 is 4.90 Å². The van der Waals surface area contributed by atoms with Crippen LogP contribution < -0.4 is 4.90 Å². The van der Waals surface area contributed by atoms with Gasteiger partial charge in [0, 0.05) is 24.3 Å². The SMILES string of the molecule is CC1=CCN(c2ccc(C=O)cc2C)CC1. The largest absolute Gasteiger partial charge is 0.367 e. The summed E-state index contributed by atoms with van der Waals surface area (Å²) >= 11 is 0. The van der Waals surface area contributed by atoms with Gasteiger partial charge in [-0.05, 0) is 44.0 Å². The van der Waals surface area contributed by atoms with Gasteiger partial charge in [-0.25, -0.2) is 0 Å². The summed E-state index contributed by atoms with van der Waals surface area (Å²) in [5.74, 6) is 0. The van der Waals surface area contributed by atoms with Crippen LogP contribution in [0.5, 0.6) is 0 Å². The van der Waals surface area contributed by atoms with Crippen LogP contribution in [0.3, 0.4) is 0 Å². The fourth-order valence-electron chi connectivity index (χ4n) is 2.10. The van der Waals surface area contributed by atoms with Crippen LogP contribution in [0, 0.1) is 6.92 Å². The second-order valence-corrected chi connectivity index (χ2v) is 4.41. The van der Waals surface area contributed by atoms with E-state index in [1.165, 1.54) is 16.8 Å². The van der Waals surface area contributed by atoms with Crippen LogP contribution >= 0.6 is 0 Å². The van der Waals surface area contributed by atoms with Crippen LogP contribution in [0.4, 0.5) is 5.69 Å². The molecule has 2 nitrogen and oxygen atoms in total. The molecule has 0 radical (unpaired) electrons. The van der Waals surface area contributed by atoms with Gasteiger partial charge in [0.15, 0.2) is 0 Å². The second kappa shape index (κ2) is 4.52. The van der Waals surface area contributed by atoms with Crippen molar-refractivity contribution in [2.24, 2.45) is 0 Å². The topological polar surface area (TPSA) is 20.3 Å². The molecule has 0 atom stereocenters. The summed E-state index contributed by atoms with van der Waals surface area (Å²) in [6, 6.07) is 5.89. The molecule has 1 heterocycles. The molecule has 1 aromatic rings. The van der Waals surface area contributed by atoms with Crippen molar-refractivity contribution in [3.8, 4) is 0 Å². The van der Waals surface area contributed by atoms with Crippen LogP contribution in [0.25, 0.3) is 0 Å². The zero-order chi connectivity index (χ0) is 11.5. The van der Waals surface area contributed by atoms with Gasteiger partial charge in [-0.15, -0.1) is 0 Å². The minimum absolute atomic E-state index is 0.755. The predicted octanol–water partition coefficient (Wildman–Crippen LogP) is 2.96. The molecule has 0 bridgehead atoms. The number of benzene rings is 1. The van der Waals surface area contributed by atoms with Crippen LogP contribution in [0.15, 0.2) is 29.8 Å². The lowest BCUT2D eigenvalue weighted by molar-refractivity contribution is 0.112. The molecule has 0 amide bonds. The molecule has 84 valence electrons. The Labute approximate surface area is 96.6 Å². The van der Waals surface area contributed by atoms with Gasteiger partial charge in [0.1, 0.15) is 6.29 Å². The summed E-state index contributed by atoms with van der Waals surface area (Å²) < 4.78 is 0. The van der Waals surface area contributed by atoms with Crippen molar-refractivity contribution in [1.82, 2.24) is 0 Å². The van der Waals surface area contributed by atoms with Crippen molar-refractivity contribution in [2.75, 3.05) is 18.0 Å². The molecule has 0 saturated heterocycles. The summed E-state index contributed by atoms with van der Waals surface area (Å²) in [5.41, 5.74) is 4.65. The molecule has 0 spiro atoms. The third kappa shape index (κ3) is 2.16. The van der Waals surface area contributed by atoms with Crippen molar-refractivity contribution in [3.05, 3.63) is 41.0 Å². The molecule has 0 unspecified atom stereocenters. The Morgan fingerprint density at radius 2 is 2.12 bits per heavy atom. The molecule has 0 aliphatic carbocycles. The van der Waals surface area contributed by atoms with E-state index in [-0.39, 0.29) is 0 Å². The number of aldehydes is 1. The van der Waals surface area contributed by atoms with E-state index >= 15 is 0 Å². The number of hydrogen-bond donors (Lipinski definition) is 0. The highest BCUT2D eigenvalue weighted by molar-refractivity contribution is 5.77. The number of anilines is 1. The van der Waals surface area contributed by atoms with E-state index < -0.39 is 0 Å². The highest BCUT2D eigenvalue weighted by Gasteiger charge is 2.12. The van der Waals surface area contributed by atoms with Gasteiger partial charge in [-0.3, -0.25) is 4.79 Å². The number of hydrogen-bond acceptors (Lipinski definition) is 2. The zero-order valence-corrected chi connectivity index (χ0v) is 9.86. The Morgan fingerprint density at radius 1 is 1.31 bits per heavy atom. The summed E-state index contributed by atoms with van der Waals surface area (Å²) in [5, 5.41) is 0. The molecule has 16 heavy (non-hydrogen) atoms. The van der Waals surface area contributed by atoms with Crippen LogP contribution in [-0.2, 0) is 0 Å². The van der Waals surface area contributed by atoms with E-state index in [1.807, 2.05) is 18.2 Å². The molecule has 1 aliphatic rings. The maximum absolute atomic E-state index is 10.7. The summed E-state index contributed by atoms with van der Waals surface area (Å²) in [7, 11) is 0. The van der Waals surface area contributed by atoms with Crippen LogP contribution in [0.1, 0.15) is 29.3 Å². The number of nitrogens with zero attached hydrogens (tertiary/aromatic N) is 1. The van der Waals surface area contributed by atoms with E-state index in [4.69, 9.17) is 0 Å². The van der Waals surface area contributed by atoms with E-state index in [2.05, 4.69) is 24.8 Å². The zero-order valence-electron chi connectivity index (χ0n) is 9.86. The molecule has 1 aromatic carbocycles. The van der Waals surface area contributed by atoms with Gasteiger partial charge in [0.05, 0.1) is 0 Å². The van der Waals surface area contributed by atoms with Crippen molar-refractivity contribution in [2.45, 2.75) is 20.3 Å². The van der Waals surface area contributed by atoms with E-state index in [9.17, 15) is 4.79 Å². The standard InChI is InChI=1S/C14H17NO/c1-11-5-7-15(8-6-11)14-4-3-13(10-16)9-12(14)2/h3-5,9-10H,6-8H2,1-2H3. The highest BCUT2D eigenvalue weighted by Crippen LogP contribution is 2.23. The second-order valence-electron chi connectivity index (χ2n) is 4.41. The number of rotatable bonds is 2. The van der Waals surface area contributed by atoms with Crippen LogP contribution in [-0.4, -0.2) is 19.4 Å². The predicted molar refractivity (Wildman–Crippen MR) is 67.2 cm³/mol. The fraction of sp³-hybridized carbons (Fsp3) is 0.357. The monoisotopic (exact) mass is 215 g/mol. The summed E-state index contributed by atoms with van der Waals surface area (Å²) in [6.45, 7) is 6.30. The van der Waals surface area contributed by atoms with Crippen molar-refractivity contribution < 1.29 is 4.79 Å². The number of aryl methyl sites for hydroxylation is 1. The quantitative estimate of drug-likeness (QED) is 0.558. The van der Waals surface area contributed by atoms with Crippen molar-refractivity contribution in [3.63, 3.8) is 0 Å². The third-order valence-electron chi connectivity index (χ3n) is 3.13. The molecular formula is C14H17NO. The van der Waals surface area contributed by atoms with Gasteiger partial charge in [0.25, 0.3) is 0 Å². The lowest BCUT2D eigenvalue weighted by atomic mass is 10.1. The Kier molecular flexibility index (Phi) is 3.09. The Bertz CT molecular complexity index is 434. The molecule has 2 heteroatoms. The molecule has 0 fully saturated rings. The lowest BCUT2D eigenvalue weighted by Crippen LogP contribution is -2.28. The first-order valence-electron chi connectivity index (χ1n) is 5.67. The normalized spacial score (nSPS) is 15.9.